The number of rotatable bonds is 7. The smallest absolute Gasteiger partial charge is 0.222 e. The van der Waals surface area contributed by atoms with Crippen molar-refractivity contribution in [3.05, 3.63) is 59.8 Å². The Morgan fingerprint density at radius 3 is 2.62 bits per heavy atom. The Labute approximate surface area is 153 Å². The van der Waals surface area contributed by atoms with Crippen molar-refractivity contribution in [2.45, 2.75) is 19.4 Å². The van der Waals surface area contributed by atoms with Gasteiger partial charge in [-0.1, -0.05) is 24.3 Å². The first-order chi connectivity index (χ1) is 12.6. The summed E-state index contributed by atoms with van der Waals surface area (Å²) in [5, 5.41) is 1.18. The number of nitrogens with one attached hydrogen (secondary N) is 1. The molecule has 0 radical (unpaired) electrons. The topological polar surface area (TPSA) is 54.6 Å². The van der Waals surface area contributed by atoms with Crippen LogP contribution in [0.2, 0.25) is 0 Å². The molecular weight excluding hydrogens is 328 g/mol. The van der Waals surface area contributed by atoms with Crippen LogP contribution in [-0.4, -0.2) is 37.1 Å². The molecule has 5 nitrogen and oxygen atoms in total. The summed E-state index contributed by atoms with van der Waals surface area (Å²) in [4.78, 5) is 17.5. The lowest BCUT2D eigenvalue weighted by atomic mass is 10.1. The van der Waals surface area contributed by atoms with Crippen molar-refractivity contribution in [2.75, 3.05) is 21.3 Å². The zero-order chi connectivity index (χ0) is 18.5. The largest absolute Gasteiger partial charge is 0.493 e. The predicted octanol–water partition coefficient (Wildman–Crippen LogP) is 3.78. The maximum Gasteiger partial charge on any atom is 0.222 e. The van der Waals surface area contributed by atoms with E-state index < -0.39 is 0 Å². The number of aromatic amines is 1. The van der Waals surface area contributed by atoms with Gasteiger partial charge in [0, 0.05) is 37.1 Å². The summed E-state index contributed by atoms with van der Waals surface area (Å²) in [6.45, 7) is 0.535. The van der Waals surface area contributed by atoms with Crippen LogP contribution in [0, 0.1) is 0 Å². The molecule has 0 fully saturated rings. The van der Waals surface area contributed by atoms with E-state index in [0.717, 1.165) is 17.5 Å². The normalized spacial score (nSPS) is 10.7. The number of hydrogen-bond donors (Lipinski definition) is 1. The average Bonchev–Trinajstić information content (AvgIpc) is 3.09. The van der Waals surface area contributed by atoms with Crippen molar-refractivity contribution in [3.8, 4) is 11.5 Å². The number of amides is 1. The number of hydrogen-bond acceptors (Lipinski definition) is 3. The number of carbonyl (C=O) groups is 1. The first-order valence-electron chi connectivity index (χ1n) is 8.62. The third kappa shape index (κ3) is 3.82. The zero-order valence-corrected chi connectivity index (χ0v) is 15.4. The molecule has 0 saturated heterocycles. The van der Waals surface area contributed by atoms with E-state index in [0.29, 0.717) is 24.5 Å². The van der Waals surface area contributed by atoms with Gasteiger partial charge in [-0.15, -0.1) is 0 Å². The lowest BCUT2D eigenvalue weighted by Gasteiger charge is -2.18. The fraction of sp³-hybridized carbons (Fsp3) is 0.286. The Balaban J connectivity index is 1.61. The van der Waals surface area contributed by atoms with E-state index in [1.54, 1.807) is 19.1 Å². The Bertz CT molecular complexity index is 901. The Morgan fingerprint density at radius 1 is 1.08 bits per heavy atom. The average molecular weight is 352 g/mol. The van der Waals surface area contributed by atoms with E-state index in [1.165, 1.54) is 10.9 Å². The zero-order valence-electron chi connectivity index (χ0n) is 15.4. The molecular formula is C21H24N2O3. The van der Waals surface area contributed by atoms with Crippen LogP contribution >= 0.6 is 0 Å². The Kier molecular flexibility index (Phi) is 5.46. The van der Waals surface area contributed by atoms with Gasteiger partial charge in [0.25, 0.3) is 0 Å². The fourth-order valence-electron chi connectivity index (χ4n) is 3.11. The third-order valence-corrected chi connectivity index (χ3v) is 4.58. The molecule has 0 spiro atoms. The standard InChI is InChI=1S/C21H24N2O3/c1-23(14-15-8-10-19(25-2)20(12-15)26-3)21(24)11-9-16-13-22-18-7-5-4-6-17(16)18/h4-8,10,12-13,22H,9,11,14H2,1-3H3. The molecule has 3 aromatic rings. The predicted molar refractivity (Wildman–Crippen MR) is 103 cm³/mol. The second kappa shape index (κ2) is 7.95. The Hall–Kier alpha value is -2.95. The highest BCUT2D eigenvalue weighted by Crippen LogP contribution is 2.28. The minimum atomic E-state index is 0.116. The molecule has 1 heterocycles. The van der Waals surface area contributed by atoms with Crippen molar-refractivity contribution in [3.63, 3.8) is 0 Å². The molecule has 0 aliphatic rings. The van der Waals surface area contributed by atoms with Gasteiger partial charge in [0.05, 0.1) is 14.2 Å². The molecule has 0 bridgehead atoms. The molecule has 1 aromatic heterocycles. The fourth-order valence-corrected chi connectivity index (χ4v) is 3.11. The van der Waals surface area contributed by atoms with E-state index >= 15 is 0 Å². The van der Waals surface area contributed by atoms with Gasteiger partial charge >= 0.3 is 0 Å². The number of carbonyl (C=O) groups excluding carboxylic acids is 1. The molecule has 2 aromatic carbocycles. The highest BCUT2D eigenvalue weighted by molar-refractivity contribution is 5.84. The summed E-state index contributed by atoms with van der Waals surface area (Å²) in [7, 11) is 5.05. The molecule has 0 atom stereocenters. The maximum atomic E-state index is 12.5. The lowest BCUT2D eigenvalue weighted by molar-refractivity contribution is -0.130. The lowest BCUT2D eigenvalue weighted by Crippen LogP contribution is -2.26. The number of nitrogens with zero attached hydrogens (tertiary/aromatic N) is 1. The number of aromatic nitrogens is 1. The second-order valence-electron chi connectivity index (χ2n) is 6.30. The van der Waals surface area contributed by atoms with Crippen LogP contribution in [0.15, 0.2) is 48.7 Å². The Morgan fingerprint density at radius 2 is 1.85 bits per heavy atom. The summed E-state index contributed by atoms with van der Waals surface area (Å²) >= 11 is 0. The van der Waals surface area contributed by atoms with Crippen molar-refractivity contribution < 1.29 is 14.3 Å². The first kappa shape index (κ1) is 17.9. The van der Waals surface area contributed by atoms with Crippen LogP contribution in [0.25, 0.3) is 10.9 Å². The summed E-state index contributed by atoms with van der Waals surface area (Å²) < 4.78 is 10.6. The van der Waals surface area contributed by atoms with Gasteiger partial charge in [-0.3, -0.25) is 4.79 Å². The van der Waals surface area contributed by atoms with Gasteiger partial charge in [0.2, 0.25) is 5.91 Å². The van der Waals surface area contributed by atoms with Gasteiger partial charge in [-0.05, 0) is 35.7 Å². The number of para-hydroxylation sites is 1. The van der Waals surface area contributed by atoms with Crippen LogP contribution in [0.5, 0.6) is 11.5 Å². The molecule has 0 aliphatic carbocycles. The first-order valence-corrected chi connectivity index (χ1v) is 8.62. The molecule has 3 rings (SSSR count). The minimum Gasteiger partial charge on any atom is -0.493 e. The highest BCUT2D eigenvalue weighted by atomic mass is 16.5. The number of aryl methyl sites for hydroxylation is 1. The summed E-state index contributed by atoms with van der Waals surface area (Å²) in [5.74, 6) is 1.47. The third-order valence-electron chi connectivity index (χ3n) is 4.58. The quantitative estimate of drug-likeness (QED) is 0.704. The minimum absolute atomic E-state index is 0.116. The molecule has 5 heteroatoms. The van der Waals surface area contributed by atoms with Crippen LogP contribution in [0.1, 0.15) is 17.5 Å². The number of fused-ring (bicyclic) bond motifs is 1. The van der Waals surface area contributed by atoms with E-state index in [2.05, 4.69) is 11.1 Å². The van der Waals surface area contributed by atoms with Crippen molar-refractivity contribution in [2.24, 2.45) is 0 Å². The number of H-pyrrole nitrogens is 1. The summed E-state index contributed by atoms with van der Waals surface area (Å²) in [6, 6.07) is 13.9. The SMILES string of the molecule is COc1ccc(CN(C)C(=O)CCc2c[nH]c3ccccc23)cc1OC. The van der Waals surface area contributed by atoms with E-state index in [-0.39, 0.29) is 5.91 Å². The van der Waals surface area contributed by atoms with Crippen LogP contribution in [0.3, 0.4) is 0 Å². The van der Waals surface area contributed by atoms with Crippen molar-refractivity contribution >= 4 is 16.8 Å². The van der Waals surface area contributed by atoms with Crippen LogP contribution in [-0.2, 0) is 17.8 Å². The molecule has 1 amide bonds. The number of ether oxygens (including phenoxy) is 2. The van der Waals surface area contributed by atoms with Gasteiger partial charge in [0.15, 0.2) is 11.5 Å². The van der Waals surface area contributed by atoms with Gasteiger partial charge in [-0.25, -0.2) is 0 Å². The summed E-state index contributed by atoms with van der Waals surface area (Å²) in [5.41, 5.74) is 3.28. The number of methoxy groups -OCH3 is 2. The molecule has 0 saturated carbocycles. The van der Waals surface area contributed by atoms with Gasteiger partial charge in [0.1, 0.15) is 0 Å². The van der Waals surface area contributed by atoms with Gasteiger partial charge < -0.3 is 19.4 Å². The molecule has 0 aliphatic heterocycles. The van der Waals surface area contributed by atoms with Gasteiger partial charge in [-0.2, -0.15) is 0 Å². The molecule has 1 N–H and O–H groups in total. The van der Waals surface area contributed by atoms with Crippen LogP contribution in [0.4, 0.5) is 0 Å². The van der Waals surface area contributed by atoms with Crippen LogP contribution < -0.4 is 9.47 Å². The van der Waals surface area contributed by atoms with E-state index in [1.807, 2.05) is 49.6 Å². The molecule has 26 heavy (non-hydrogen) atoms. The maximum absolute atomic E-state index is 12.5. The van der Waals surface area contributed by atoms with E-state index in [4.69, 9.17) is 9.47 Å². The van der Waals surface area contributed by atoms with Crippen molar-refractivity contribution in [1.82, 2.24) is 9.88 Å². The second-order valence-corrected chi connectivity index (χ2v) is 6.30. The molecule has 136 valence electrons. The number of benzene rings is 2. The highest BCUT2D eigenvalue weighted by Gasteiger charge is 2.13. The summed E-state index contributed by atoms with van der Waals surface area (Å²) in [6.07, 6.45) is 3.19. The molecule has 0 unspecified atom stereocenters. The monoisotopic (exact) mass is 352 g/mol. The van der Waals surface area contributed by atoms with Crippen molar-refractivity contribution in [1.29, 1.82) is 0 Å². The van der Waals surface area contributed by atoms with E-state index in [9.17, 15) is 4.79 Å².